The molecule has 0 radical (unpaired) electrons. The molecule has 2 N–H and O–H groups in total. The Balaban J connectivity index is 1.48. The molecule has 1 aliphatic heterocycles. The molecule has 28 heavy (non-hydrogen) atoms. The molecule has 3 rings (SSSR count). The molecule has 0 aliphatic carbocycles. The number of morpholine rings is 1. The van der Waals surface area contributed by atoms with Gasteiger partial charge in [0, 0.05) is 44.3 Å². The third-order valence-electron chi connectivity index (χ3n) is 4.76. The van der Waals surface area contributed by atoms with Crippen LogP contribution >= 0.6 is 11.3 Å². The molecule has 1 fully saturated rings. The summed E-state index contributed by atoms with van der Waals surface area (Å²) in [6.45, 7) is 9.51. The number of rotatable bonds is 7. The first-order valence-corrected chi connectivity index (χ1v) is 10.8. The third kappa shape index (κ3) is 6.29. The van der Waals surface area contributed by atoms with Crippen LogP contribution in [0.4, 0.5) is 0 Å². The lowest BCUT2D eigenvalue weighted by molar-refractivity contribution is -0.0212. The van der Waals surface area contributed by atoms with Crippen molar-refractivity contribution in [2.75, 3.05) is 26.7 Å². The Morgan fingerprint density at radius 1 is 1.32 bits per heavy atom. The van der Waals surface area contributed by atoms with Gasteiger partial charge in [-0.15, -0.1) is 11.3 Å². The number of hydrogen-bond donors (Lipinski definition) is 2. The van der Waals surface area contributed by atoms with Gasteiger partial charge in [0.25, 0.3) is 0 Å². The summed E-state index contributed by atoms with van der Waals surface area (Å²) in [5, 5.41) is 7.82. The largest absolute Gasteiger partial charge is 0.376 e. The van der Waals surface area contributed by atoms with Gasteiger partial charge in [-0.2, -0.15) is 0 Å². The Hall–Kier alpha value is -1.96. The fourth-order valence-electron chi connectivity index (χ4n) is 3.29. The maximum Gasteiger partial charge on any atom is 0.191 e. The monoisotopic (exact) mass is 401 g/mol. The minimum absolute atomic E-state index is 0.319. The summed E-state index contributed by atoms with van der Waals surface area (Å²) in [5.74, 6) is 0.792. The first kappa shape index (κ1) is 20.8. The van der Waals surface area contributed by atoms with Crippen LogP contribution in [0.2, 0.25) is 0 Å². The molecule has 0 amide bonds. The zero-order valence-corrected chi connectivity index (χ0v) is 17.9. The molecule has 1 atom stereocenters. The predicted molar refractivity (Wildman–Crippen MR) is 116 cm³/mol. The summed E-state index contributed by atoms with van der Waals surface area (Å²) in [4.78, 5) is 12.5. The van der Waals surface area contributed by atoms with Gasteiger partial charge in [0.2, 0.25) is 0 Å². The SMILES string of the molecule is CCc1cnc(CNC(=NC)NCc2cccc(CN3CCOC(C)C3)c2)s1. The number of nitrogens with zero attached hydrogens (tertiary/aromatic N) is 3. The maximum atomic E-state index is 5.63. The van der Waals surface area contributed by atoms with E-state index in [4.69, 9.17) is 4.74 Å². The van der Waals surface area contributed by atoms with E-state index in [1.807, 2.05) is 6.20 Å². The zero-order valence-electron chi connectivity index (χ0n) is 17.1. The first-order valence-electron chi connectivity index (χ1n) is 9.96. The van der Waals surface area contributed by atoms with E-state index >= 15 is 0 Å². The van der Waals surface area contributed by atoms with Crippen LogP contribution in [-0.2, 0) is 30.8 Å². The Bertz CT molecular complexity index is 776. The van der Waals surface area contributed by atoms with E-state index in [1.165, 1.54) is 16.0 Å². The van der Waals surface area contributed by atoms with Crippen LogP contribution in [0.5, 0.6) is 0 Å². The normalized spacial score (nSPS) is 18.2. The number of guanidine groups is 1. The molecular formula is C21H31N5OS. The molecule has 0 saturated carbocycles. The van der Waals surface area contributed by atoms with Crippen LogP contribution in [-0.4, -0.2) is 48.7 Å². The highest BCUT2D eigenvalue weighted by molar-refractivity contribution is 7.11. The number of aliphatic imine (C=N–C) groups is 1. The molecule has 6 nitrogen and oxygen atoms in total. The molecule has 7 heteroatoms. The fraction of sp³-hybridized carbons (Fsp3) is 0.524. The lowest BCUT2D eigenvalue weighted by Gasteiger charge is -2.31. The Kier molecular flexibility index (Phi) is 7.82. The molecule has 1 unspecified atom stereocenters. The minimum atomic E-state index is 0.319. The average molecular weight is 402 g/mol. The quantitative estimate of drug-likeness (QED) is 0.552. The van der Waals surface area contributed by atoms with Gasteiger partial charge in [0.15, 0.2) is 5.96 Å². The van der Waals surface area contributed by atoms with E-state index in [0.717, 1.165) is 50.2 Å². The van der Waals surface area contributed by atoms with Gasteiger partial charge in [-0.3, -0.25) is 9.89 Å². The highest BCUT2D eigenvalue weighted by Crippen LogP contribution is 2.13. The molecular weight excluding hydrogens is 370 g/mol. The van der Waals surface area contributed by atoms with E-state index in [9.17, 15) is 0 Å². The van der Waals surface area contributed by atoms with Crippen LogP contribution in [0.15, 0.2) is 35.5 Å². The Morgan fingerprint density at radius 2 is 2.14 bits per heavy atom. The van der Waals surface area contributed by atoms with Crippen LogP contribution in [0.1, 0.15) is 34.9 Å². The summed E-state index contributed by atoms with van der Waals surface area (Å²) >= 11 is 1.75. The Labute approximate surface area is 172 Å². The first-order chi connectivity index (χ1) is 13.7. The van der Waals surface area contributed by atoms with Gasteiger partial charge >= 0.3 is 0 Å². The summed E-state index contributed by atoms with van der Waals surface area (Å²) in [6.07, 6.45) is 3.31. The standard InChI is InChI=1S/C21H31N5OS/c1-4-19-12-23-20(28-19)13-25-21(22-3)24-11-17-6-5-7-18(10-17)15-26-8-9-27-16(2)14-26/h5-7,10,12,16H,4,8-9,11,13-15H2,1-3H3,(H2,22,24,25). The van der Waals surface area contributed by atoms with E-state index in [-0.39, 0.29) is 0 Å². The highest BCUT2D eigenvalue weighted by atomic mass is 32.1. The van der Waals surface area contributed by atoms with Crippen LogP contribution in [0, 0.1) is 0 Å². The summed E-state index contributed by atoms with van der Waals surface area (Å²) in [5.41, 5.74) is 2.59. The highest BCUT2D eigenvalue weighted by Gasteiger charge is 2.16. The summed E-state index contributed by atoms with van der Waals surface area (Å²) in [6, 6.07) is 8.76. The maximum absolute atomic E-state index is 5.63. The molecule has 1 aromatic heterocycles. The second kappa shape index (κ2) is 10.5. The molecule has 2 aromatic rings. The molecule has 1 saturated heterocycles. The van der Waals surface area contributed by atoms with Gasteiger partial charge < -0.3 is 15.4 Å². The third-order valence-corrected chi connectivity index (χ3v) is 5.90. The van der Waals surface area contributed by atoms with Crippen molar-refractivity contribution in [3.63, 3.8) is 0 Å². The van der Waals surface area contributed by atoms with Crippen molar-refractivity contribution < 1.29 is 4.74 Å². The van der Waals surface area contributed by atoms with Gasteiger partial charge in [-0.05, 0) is 24.5 Å². The number of benzene rings is 1. The molecule has 152 valence electrons. The van der Waals surface area contributed by atoms with Crippen LogP contribution in [0.25, 0.3) is 0 Å². The van der Waals surface area contributed by atoms with Crippen molar-refractivity contribution in [2.45, 2.75) is 46.0 Å². The molecule has 1 aromatic carbocycles. The van der Waals surface area contributed by atoms with Crippen molar-refractivity contribution in [3.05, 3.63) is 51.5 Å². The van der Waals surface area contributed by atoms with Crippen molar-refractivity contribution in [3.8, 4) is 0 Å². The van der Waals surface area contributed by atoms with E-state index in [0.29, 0.717) is 12.6 Å². The Morgan fingerprint density at radius 3 is 2.89 bits per heavy atom. The predicted octanol–water partition coefficient (Wildman–Crippen LogP) is 2.79. The van der Waals surface area contributed by atoms with Crippen molar-refractivity contribution in [1.29, 1.82) is 0 Å². The number of thiazole rings is 1. The molecule has 2 heterocycles. The van der Waals surface area contributed by atoms with Gasteiger partial charge in [-0.25, -0.2) is 4.98 Å². The minimum Gasteiger partial charge on any atom is -0.376 e. The van der Waals surface area contributed by atoms with Gasteiger partial charge in [0.05, 0.1) is 19.3 Å². The van der Waals surface area contributed by atoms with Crippen molar-refractivity contribution >= 4 is 17.3 Å². The second-order valence-electron chi connectivity index (χ2n) is 7.09. The van der Waals surface area contributed by atoms with Crippen molar-refractivity contribution in [2.24, 2.45) is 4.99 Å². The average Bonchev–Trinajstić information content (AvgIpc) is 3.16. The van der Waals surface area contributed by atoms with Crippen LogP contribution < -0.4 is 10.6 Å². The number of hydrogen-bond acceptors (Lipinski definition) is 5. The summed E-state index contributed by atoms with van der Waals surface area (Å²) < 4.78 is 5.63. The lowest BCUT2D eigenvalue weighted by atomic mass is 10.1. The number of aryl methyl sites for hydroxylation is 1. The fourth-order valence-corrected chi connectivity index (χ4v) is 4.09. The smallest absolute Gasteiger partial charge is 0.191 e. The summed E-state index contributed by atoms with van der Waals surface area (Å²) in [7, 11) is 1.80. The molecule has 1 aliphatic rings. The van der Waals surface area contributed by atoms with E-state index in [2.05, 4.69) is 63.6 Å². The number of nitrogens with one attached hydrogen (secondary N) is 2. The number of ether oxygens (including phenoxy) is 1. The zero-order chi connectivity index (χ0) is 19.8. The topological polar surface area (TPSA) is 61.8 Å². The molecule has 0 bridgehead atoms. The number of aromatic nitrogens is 1. The molecule has 0 spiro atoms. The van der Waals surface area contributed by atoms with Crippen LogP contribution in [0.3, 0.4) is 0 Å². The van der Waals surface area contributed by atoms with Gasteiger partial charge in [0.1, 0.15) is 5.01 Å². The van der Waals surface area contributed by atoms with E-state index < -0.39 is 0 Å². The van der Waals surface area contributed by atoms with Crippen molar-refractivity contribution in [1.82, 2.24) is 20.5 Å². The van der Waals surface area contributed by atoms with Gasteiger partial charge in [-0.1, -0.05) is 31.2 Å². The second-order valence-corrected chi connectivity index (χ2v) is 8.29. The lowest BCUT2D eigenvalue weighted by Crippen LogP contribution is -2.40. The van der Waals surface area contributed by atoms with E-state index in [1.54, 1.807) is 18.4 Å².